The van der Waals surface area contributed by atoms with Crippen LogP contribution in [0.4, 0.5) is 0 Å². The van der Waals surface area contributed by atoms with Crippen molar-refractivity contribution >= 4 is 5.91 Å². The van der Waals surface area contributed by atoms with Gasteiger partial charge in [-0.25, -0.2) is 0 Å². The molecule has 1 aromatic rings. The van der Waals surface area contributed by atoms with Gasteiger partial charge in [0.1, 0.15) is 5.76 Å². The van der Waals surface area contributed by atoms with Gasteiger partial charge in [-0.1, -0.05) is 19.3 Å². The monoisotopic (exact) mass is 280 g/mol. The van der Waals surface area contributed by atoms with Crippen LogP contribution in [0, 0.1) is 0 Å². The largest absolute Gasteiger partial charge is 0.467 e. The molecule has 1 saturated carbocycles. The fourth-order valence-electron chi connectivity index (χ4n) is 2.62. The first-order valence-electron chi connectivity index (χ1n) is 7.41. The maximum absolute atomic E-state index is 12.0. The van der Waals surface area contributed by atoms with Crippen LogP contribution in [-0.2, 0) is 11.3 Å². The van der Waals surface area contributed by atoms with Crippen LogP contribution in [0.25, 0.3) is 0 Å². The molecule has 0 radical (unpaired) electrons. The van der Waals surface area contributed by atoms with E-state index < -0.39 is 0 Å². The number of hydrogen-bond acceptors (Lipinski definition) is 4. The van der Waals surface area contributed by atoms with E-state index in [0.717, 1.165) is 37.9 Å². The Kier molecular flexibility index (Phi) is 5.61. The number of carbonyl (C=O) groups is 1. The summed E-state index contributed by atoms with van der Waals surface area (Å²) in [6.45, 7) is 2.22. The van der Waals surface area contributed by atoms with E-state index >= 15 is 0 Å². The molecule has 1 fully saturated rings. The van der Waals surface area contributed by atoms with Crippen LogP contribution in [0.2, 0.25) is 0 Å². The van der Waals surface area contributed by atoms with Crippen LogP contribution in [0.15, 0.2) is 22.8 Å². The molecular weight excluding hydrogens is 256 g/mol. The summed E-state index contributed by atoms with van der Waals surface area (Å²) in [4.78, 5) is 12.0. The van der Waals surface area contributed by atoms with Crippen molar-refractivity contribution in [3.8, 4) is 0 Å². The first-order valence-corrected chi connectivity index (χ1v) is 7.41. The molecule has 1 aliphatic carbocycles. The lowest BCUT2D eigenvalue weighted by molar-refractivity contribution is -0.123. The van der Waals surface area contributed by atoms with Crippen molar-refractivity contribution in [3.63, 3.8) is 0 Å². The fourth-order valence-corrected chi connectivity index (χ4v) is 2.62. The van der Waals surface area contributed by atoms with Gasteiger partial charge in [0.05, 0.1) is 25.0 Å². The van der Waals surface area contributed by atoms with E-state index in [1.54, 1.807) is 12.3 Å². The van der Waals surface area contributed by atoms with E-state index in [9.17, 15) is 9.90 Å². The third-order valence-electron chi connectivity index (χ3n) is 3.85. The van der Waals surface area contributed by atoms with Crippen LogP contribution >= 0.6 is 0 Å². The lowest BCUT2D eigenvalue weighted by Crippen LogP contribution is -2.50. The highest BCUT2D eigenvalue weighted by Crippen LogP contribution is 2.18. The van der Waals surface area contributed by atoms with Gasteiger partial charge in [0.25, 0.3) is 0 Å². The zero-order valence-electron chi connectivity index (χ0n) is 12.0. The minimum Gasteiger partial charge on any atom is -0.467 e. The topological polar surface area (TPSA) is 74.5 Å². The minimum absolute atomic E-state index is 0.0156. The predicted molar refractivity (Wildman–Crippen MR) is 76.0 cm³/mol. The molecule has 1 aliphatic rings. The predicted octanol–water partition coefficient (Wildman–Crippen LogP) is 1.57. The van der Waals surface area contributed by atoms with Crippen LogP contribution < -0.4 is 10.6 Å². The molecule has 2 rings (SSSR count). The smallest absolute Gasteiger partial charge is 0.237 e. The van der Waals surface area contributed by atoms with Crippen molar-refractivity contribution in [1.82, 2.24) is 10.6 Å². The fraction of sp³-hybridized carbons (Fsp3) is 0.667. The Labute approximate surface area is 119 Å². The molecule has 3 unspecified atom stereocenters. The number of aliphatic hydroxyl groups excluding tert-OH is 1. The third-order valence-corrected chi connectivity index (χ3v) is 3.85. The van der Waals surface area contributed by atoms with Crippen molar-refractivity contribution < 1.29 is 14.3 Å². The number of aliphatic hydroxyl groups is 1. The normalized spacial score (nSPS) is 24.9. The average Bonchev–Trinajstić information content (AvgIpc) is 2.88. The summed E-state index contributed by atoms with van der Waals surface area (Å²) in [5, 5.41) is 16.1. The molecule has 3 atom stereocenters. The maximum Gasteiger partial charge on any atom is 0.237 e. The van der Waals surface area contributed by atoms with Crippen LogP contribution in [-0.4, -0.2) is 29.2 Å². The highest BCUT2D eigenvalue weighted by molar-refractivity contribution is 5.81. The number of hydrogen-bond donors (Lipinski definition) is 3. The molecule has 20 heavy (non-hydrogen) atoms. The summed E-state index contributed by atoms with van der Waals surface area (Å²) < 4.78 is 5.17. The van der Waals surface area contributed by atoms with Crippen molar-refractivity contribution in [1.29, 1.82) is 0 Å². The highest BCUT2D eigenvalue weighted by atomic mass is 16.3. The quantitative estimate of drug-likeness (QED) is 0.716. The van der Waals surface area contributed by atoms with Gasteiger partial charge in [-0.05, 0) is 31.9 Å². The molecular formula is C15H24N2O3. The van der Waals surface area contributed by atoms with Gasteiger partial charge in [0.15, 0.2) is 0 Å². The summed E-state index contributed by atoms with van der Waals surface area (Å²) in [6, 6.07) is 3.32. The van der Waals surface area contributed by atoms with Gasteiger partial charge in [-0.3, -0.25) is 4.79 Å². The Bertz CT molecular complexity index is 405. The lowest BCUT2D eigenvalue weighted by Gasteiger charge is -2.25. The number of nitrogens with one attached hydrogen (secondary N) is 2. The maximum atomic E-state index is 12.0. The Morgan fingerprint density at radius 2 is 2.25 bits per heavy atom. The molecule has 1 aromatic heterocycles. The van der Waals surface area contributed by atoms with Crippen molar-refractivity contribution in [2.24, 2.45) is 0 Å². The van der Waals surface area contributed by atoms with Gasteiger partial charge >= 0.3 is 0 Å². The van der Waals surface area contributed by atoms with E-state index in [1.807, 2.05) is 13.0 Å². The number of furan rings is 1. The standard InChI is InChI=1S/C15H24N2O3/c1-11(15(19)16-10-12-6-5-9-20-12)17-13-7-3-2-4-8-14(13)18/h5-6,9,11,13-14,17-18H,2-4,7-8,10H2,1H3,(H,16,19). The Hall–Kier alpha value is -1.33. The van der Waals surface area contributed by atoms with Crippen LogP contribution in [0.1, 0.15) is 44.8 Å². The Morgan fingerprint density at radius 1 is 1.45 bits per heavy atom. The number of carbonyl (C=O) groups excluding carboxylic acids is 1. The summed E-state index contributed by atoms with van der Waals surface area (Å²) in [6.07, 6.45) is 6.32. The molecule has 5 nitrogen and oxygen atoms in total. The Balaban J connectivity index is 1.77. The van der Waals surface area contributed by atoms with Crippen LogP contribution in [0.5, 0.6) is 0 Å². The van der Waals surface area contributed by atoms with Gasteiger partial charge in [0.2, 0.25) is 5.91 Å². The molecule has 1 amide bonds. The molecule has 0 spiro atoms. The van der Waals surface area contributed by atoms with Gasteiger partial charge in [-0.2, -0.15) is 0 Å². The summed E-state index contributed by atoms with van der Waals surface area (Å²) in [5.74, 6) is 0.665. The van der Waals surface area contributed by atoms with E-state index in [0.29, 0.717) is 6.54 Å². The van der Waals surface area contributed by atoms with Gasteiger partial charge in [-0.15, -0.1) is 0 Å². The van der Waals surface area contributed by atoms with Crippen LogP contribution in [0.3, 0.4) is 0 Å². The van der Waals surface area contributed by atoms with Gasteiger partial charge < -0.3 is 20.2 Å². The lowest BCUT2D eigenvalue weighted by atomic mass is 10.0. The van der Waals surface area contributed by atoms with Crippen molar-refractivity contribution in [3.05, 3.63) is 24.2 Å². The molecule has 0 aliphatic heterocycles. The van der Waals surface area contributed by atoms with E-state index in [2.05, 4.69) is 10.6 Å². The second-order valence-corrected chi connectivity index (χ2v) is 5.50. The molecule has 1 heterocycles. The third kappa shape index (κ3) is 4.35. The first-order chi connectivity index (χ1) is 9.66. The summed E-state index contributed by atoms with van der Waals surface area (Å²) in [5.41, 5.74) is 0. The van der Waals surface area contributed by atoms with Gasteiger partial charge in [0, 0.05) is 6.04 Å². The molecule has 112 valence electrons. The molecule has 0 saturated heterocycles. The van der Waals surface area contributed by atoms with Crippen molar-refractivity contribution in [2.45, 2.75) is 63.8 Å². The number of amides is 1. The highest BCUT2D eigenvalue weighted by Gasteiger charge is 2.25. The zero-order chi connectivity index (χ0) is 14.4. The van der Waals surface area contributed by atoms with E-state index in [4.69, 9.17) is 4.42 Å². The molecule has 0 bridgehead atoms. The second kappa shape index (κ2) is 7.45. The second-order valence-electron chi connectivity index (χ2n) is 5.50. The molecule has 0 aromatic carbocycles. The number of rotatable bonds is 5. The summed E-state index contributed by atoms with van der Waals surface area (Å²) >= 11 is 0. The average molecular weight is 280 g/mol. The van der Waals surface area contributed by atoms with E-state index in [-0.39, 0.29) is 24.1 Å². The SMILES string of the molecule is CC(NC1CCCCCC1O)C(=O)NCc1ccco1. The summed E-state index contributed by atoms with van der Waals surface area (Å²) in [7, 11) is 0. The minimum atomic E-state index is -0.349. The van der Waals surface area contributed by atoms with Crippen molar-refractivity contribution in [2.75, 3.05) is 0 Å². The van der Waals surface area contributed by atoms with E-state index in [1.165, 1.54) is 0 Å². The molecule has 3 N–H and O–H groups in total. The zero-order valence-corrected chi connectivity index (χ0v) is 12.0. The molecule has 5 heteroatoms. The first kappa shape index (κ1) is 15.1. The Morgan fingerprint density at radius 3 is 3.00 bits per heavy atom.